The number of aromatic amines is 1. The first-order valence-corrected chi connectivity index (χ1v) is 13.0. The fourth-order valence-electron chi connectivity index (χ4n) is 4.05. The summed E-state index contributed by atoms with van der Waals surface area (Å²) in [6, 6.07) is 16.3. The average molecular weight is 486 g/mol. The third-order valence-electron chi connectivity index (χ3n) is 5.59. The molecule has 6 nitrogen and oxygen atoms in total. The summed E-state index contributed by atoms with van der Waals surface area (Å²) in [5.74, 6) is -0.222. The zero-order valence-electron chi connectivity index (χ0n) is 17.0. The molecule has 1 aliphatic heterocycles. The van der Waals surface area contributed by atoms with Gasteiger partial charge in [-0.05, 0) is 41.8 Å². The number of benzene rings is 2. The first-order chi connectivity index (χ1) is 15.4. The molecule has 2 aromatic heterocycles. The minimum atomic E-state index is -3.66. The molecule has 1 aliphatic rings. The Balaban J connectivity index is 1.43. The Kier molecular flexibility index (Phi) is 5.63. The molecule has 3 heterocycles. The van der Waals surface area contributed by atoms with Gasteiger partial charge in [0, 0.05) is 29.5 Å². The van der Waals surface area contributed by atoms with Gasteiger partial charge in [0.2, 0.25) is 0 Å². The lowest BCUT2D eigenvalue weighted by atomic mass is 10.0. The Bertz CT molecular complexity index is 1450. The van der Waals surface area contributed by atoms with Gasteiger partial charge in [-0.15, -0.1) is 11.3 Å². The predicted octanol–water partition coefficient (Wildman–Crippen LogP) is 4.17. The number of thiophene rings is 1. The van der Waals surface area contributed by atoms with E-state index in [2.05, 4.69) is 27.0 Å². The van der Waals surface area contributed by atoms with Crippen LogP contribution in [0.3, 0.4) is 0 Å². The minimum absolute atomic E-state index is 0.145. The number of nitrogens with zero attached hydrogens (tertiary/aromatic N) is 2. The topological polar surface area (TPSA) is 83.1 Å². The largest absolute Gasteiger partial charge is 0.309 e. The first kappa shape index (κ1) is 21.3. The third-order valence-corrected chi connectivity index (χ3v) is 8.59. The van der Waals surface area contributed by atoms with Gasteiger partial charge in [0.25, 0.3) is 5.56 Å². The number of nitrogens with one attached hydrogen (secondary N) is 1. The summed E-state index contributed by atoms with van der Waals surface area (Å²) in [7, 11) is -3.66. The van der Waals surface area contributed by atoms with Gasteiger partial charge in [0.1, 0.15) is 16.4 Å². The van der Waals surface area contributed by atoms with E-state index in [4.69, 9.17) is 11.6 Å². The molecule has 0 fully saturated rings. The zero-order valence-corrected chi connectivity index (χ0v) is 19.4. The monoisotopic (exact) mass is 485 g/mol. The summed E-state index contributed by atoms with van der Waals surface area (Å²) in [6.07, 6.45) is 0.773. The molecule has 0 unspecified atom stereocenters. The summed E-state index contributed by atoms with van der Waals surface area (Å²) >= 11 is 7.34. The summed E-state index contributed by atoms with van der Waals surface area (Å²) in [5, 5.41) is 1.05. The molecule has 4 aromatic rings. The number of hydrogen-bond donors (Lipinski definition) is 1. The van der Waals surface area contributed by atoms with Crippen molar-refractivity contribution in [2.24, 2.45) is 0 Å². The van der Waals surface area contributed by atoms with Crippen LogP contribution < -0.4 is 5.56 Å². The van der Waals surface area contributed by atoms with Crippen molar-refractivity contribution in [2.45, 2.75) is 30.2 Å². The smallest absolute Gasteiger partial charge is 0.259 e. The second kappa shape index (κ2) is 8.44. The number of hydrogen-bond acceptors (Lipinski definition) is 6. The Morgan fingerprint density at radius 3 is 2.59 bits per heavy atom. The summed E-state index contributed by atoms with van der Waals surface area (Å²) in [4.78, 5) is 24.3. The van der Waals surface area contributed by atoms with Crippen molar-refractivity contribution in [1.82, 2.24) is 14.9 Å². The van der Waals surface area contributed by atoms with Crippen LogP contribution in [0, 0.1) is 0 Å². The standard InChI is InChI=1S/C23H20ClN3O3S2/c24-16-6-8-17(9-7-16)32(29,30)14-20-25-22(28)21-18-10-11-27(12-15-4-2-1-3-5-15)13-19(18)31-23(21)26-20/h1-9H,10-14H2,(H,25,26,28). The molecule has 0 radical (unpaired) electrons. The Morgan fingerprint density at radius 1 is 1.09 bits per heavy atom. The van der Waals surface area contributed by atoms with Gasteiger partial charge < -0.3 is 4.98 Å². The zero-order chi connectivity index (χ0) is 22.3. The van der Waals surface area contributed by atoms with Crippen molar-refractivity contribution < 1.29 is 8.42 Å². The van der Waals surface area contributed by atoms with E-state index in [1.54, 1.807) is 0 Å². The highest BCUT2D eigenvalue weighted by molar-refractivity contribution is 7.90. The van der Waals surface area contributed by atoms with E-state index in [-0.39, 0.29) is 22.0 Å². The van der Waals surface area contributed by atoms with Crippen LogP contribution >= 0.6 is 22.9 Å². The molecule has 164 valence electrons. The molecule has 9 heteroatoms. The fraction of sp³-hybridized carbons (Fsp3) is 0.217. The second-order valence-electron chi connectivity index (χ2n) is 7.86. The minimum Gasteiger partial charge on any atom is -0.309 e. The van der Waals surface area contributed by atoms with Gasteiger partial charge in [-0.3, -0.25) is 9.69 Å². The maximum absolute atomic E-state index is 12.9. The summed E-state index contributed by atoms with van der Waals surface area (Å²) in [5.41, 5.74) is 2.02. The summed E-state index contributed by atoms with van der Waals surface area (Å²) in [6.45, 7) is 2.46. The summed E-state index contributed by atoms with van der Waals surface area (Å²) < 4.78 is 25.5. The first-order valence-electron chi connectivity index (χ1n) is 10.2. The lowest BCUT2D eigenvalue weighted by Crippen LogP contribution is -2.29. The van der Waals surface area contributed by atoms with Crippen molar-refractivity contribution in [1.29, 1.82) is 0 Å². The highest BCUT2D eigenvalue weighted by Gasteiger charge is 2.25. The van der Waals surface area contributed by atoms with E-state index >= 15 is 0 Å². The van der Waals surface area contributed by atoms with Gasteiger partial charge in [-0.2, -0.15) is 0 Å². The molecule has 0 saturated heterocycles. The third kappa shape index (κ3) is 4.23. The molecule has 0 spiro atoms. The van der Waals surface area contributed by atoms with Crippen molar-refractivity contribution in [3.05, 3.63) is 91.8 Å². The molecule has 0 atom stereocenters. The maximum atomic E-state index is 12.9. The normalized spacial score (nSPS) is 14.5. The van der Waals surface area contributed by atoms with Gasteiger partial charge in [0.05, 0.1) is 10.3 Å². The molecule has 32 heavy (non-hydrogen) atoms. The van der Waals surface area contributed by atoms with E-state index in [1.165, 1.54) is 41.2 Å². The van der Waals surface area contributed by atoms with Crippen molar-refractivity contribution in [3.8, 4) is 0 Å². The molecule has 5 rings (SSSR count). The molecule has 1 N–H and O–H groups in total. The van der Waals surface area contributed by atoms with E-state index in [0.29, 0.717) is 15.2 Å². The highest BCUT2D eigenvalue weighted by Crippen LogP contribution is 2.33. The van der Waals surface area contributed by atoms with Crippen LogP contribution in [-0.2, 0) is 35.1 Å². The predicted molar refractivity (Wildman–Crippen MR) is 127 cm³/mol. The van der Waals surface area contributed by atoms with Gasteiger partial charge in [-0.1, -0.05) is 41.9 Å². The Hall–Kier alpha value is -2.52. The van der Waals surface area contributed by atoms with E-state index in [9.17, 15) is 13.2 Å². The van der Waals surface area contributed by atoms with Gasteiger partial charge in [0.15, 0.2) is 9.84 Å². The number of halogens is 1. The second-order valence-corrected chi connectivity index (χ2v) is 11.4. The van der Waals surface area contributed by atoms with Crippen LogP contribution in [0.5, 0.6) is 0 Å². The molecular weight excluding hydrogens is 466 g/mol. The molecular formula is C23H20ClN3O3S2. The number of rotatable bonds is 5. The molecule has 0 amide bonds. The molecule has 2 aromatic carbocycles. The van der Waals surface area contributed by atoms with Crippen LogP contribution in [-0.4, -0.2) is 29.8 Å². The number of aromatic nitrogens is 2. The van der Waals surface area contributed by atoms with Crippen LogP contribution in [0.4, 0.5) is 0 Å². The SMILES string of the molecule is O=c1[nH]c(CS(=O)(=O)c2ccc(Cl)cc2)nc2sc3c(c12)CCN(Cc1ccccc1)C3. The van der Waals surface area contributed by atoms with Crippen LogP contribution in [0.15, 0.2) is 64.3 Å². The van der Waals surface area contributed by atoms with Crippen LogP contribution in [0.2, 0.25) is 5.02 Å². The highest BCUT2D eigenvalue weighted by atomic mass is 35.5. The lowest BCUT2D eigenvalue weighted by molar-refractivity contribution is 0.249. The number of H-pyrrole nitrogens is 1. The van der Waals surface area contributed by atoms with Gasteiger partial charge >= 0.3 is 0 Å². The number of fused-ring (bicyclic) bond motifs is 3. The van der Waals surface area contributed by atoms with Gasteiger partial charge in [-0.25, -0.2) is 13.4 Å². The van der Waals surface area contributed by atoms with Crippen molar-refractivity contribution in [3.63, 3.8) is 0 Å². The fourth-order valence-corrected chi connectivity index (χ4v) is 6.67. The Morgan fingerprint density at radius 2 is 1.84 bits per heavy atom. The molecule has 0 saturated carbocycles. The quantitative estimate of drug-likeness (QED) is 0.458. The molecule has 0 aliphatic carbocycles. The van der Waals surface area contributed by atoms with E-state index in [1.807, 2.05) is 18.2 Å². The van der Waals surface area contributed by atoms with Crippen LogP contribution in [0.25, 0.3) is 10.2 Å². The van der Waals surface area contributed by atoms with Crippen molar-refractivity contribution in [2.75, 3.05) is 6.54 Å². The Labute approximate surface area is 194 Å². The van der Waals surface area contributed by atoms with E-state index in [0.717, 1.165) is 36.5 Å². The average Bonchev–Trinajstić information content (AvgIpc) is 3.12. The lowest BCUT2D eigenvalue weighted by Gasteiger charge is -2.26. The number of sulfone groups is 1. The van der Waals surface area contributed by atoms with Crippen molar-refractivity contribution >= 4 is 43.0 Å². The molecule has 0 bridgehead atoms. The maximum Gasteiger partial charge on any atom is 0.259 e. The van der Waals surface area contributed by atoms with E-state index < -0.39 is 9.84 Å². The van der Waals surface area contributed by atoms with Crippen LogP contribution in [0.1, 0.15) is 21.8 Å².